The van der Waals surface area contributed by atoms with Gasteiger partial charge in [-0.05, 0) is 31.2 Å². The molecular formula is C14H15NO6. The van der Waals surface area contributed by atoms with Crippen molar-refractivity contribution in [2.24, 2.45) is 0 Å². The average molecular weight is 293 g/mol. The number of hydrogen-bond acceptors (Lipinski definition) is 6. The summed E-state index contributed by atoms with van der Waals surface area (Å²) in [6.07, 6.45) is -0.496. The van der Waals surface area contributed by atoms with E-state index in [0.717, 1.165) is 0 Å². The van der Waals surface area contributed by atoms with Crippen LogP contribution in [0.5, 0.6) is 11.5 Å². The van der Waals surface area contributed by atoms with Crippen LogP contribution >= 0.6 is 0 Å². The minimum Gasteiger partial charge on any atom is -0.508 e. The normalized spacial score (nSPS) is 16.0. The molecule has 1 aromatic carbocycles. The molecule has 1 aromatic rings. The Bertz CT molecular complexity index is 537. The maximum Gasteiger partial charge on any atom is 0.336 e. The van der Waals surface area contributed by atoms with E-state index in [9.17, 15) is 14.4 Å². The molecule has 0 saturated carbocycles. The van der Waals surface area contributed by atoms with E-state index in [2.05, 4.69) is 0 Å². The Morgan fingerprint density at radius 1 is 1.24 bits per heavy atom. The molecule has 1 saturated heterocycles. The summed E-state index contributed by atoms with van der Waals surface area (Å²) >= 11 is 0. The maximum atomic E-state index is 11.7. The number of ether oxygens (including phenoxy) is 1. The Morgan fingerprint density at radius 2 is 1.81 bits per heavy atom. The maximum absolute atomic E-state index is 11.7. The molecule has 2 rings (SSSR count). The minimum atomic E-state index is -0.718. The van der Waals surface area contributed by atoms with Crippen LogP contribution in [-0.4, -0.2) is 34.1 Å². The number of carbonyl (C=O) groups excluding carboxylic acids is 3. The lowest BCUT2D eigenvalue weighted by molar-refractivity contribution is -0.198. The smallest absolute Gasteiger partial charge is 0.336 e. The van der Waals surface area contributed by atoms with E-state index in [1.807, 2.05) is 0 Å². The summed E-state index contributed by atoms with van der Waals surface area (Å²) in [7, 11) is 0. The summed E-state index contributed by atoms with van der Waals surface area (Å²) in [4.78, 5) is 39.0. The summed E-state index contributed by atoms with van der Waals surface area (Å²) in [6, 6.07) is 6.04. The zero-order valence-electron chi connectivity index (χ0n) is 11.4. The largest absolute Gasteiger partial charge is 0.508 e. The second kappa shape index (κ2) is 6.25. The molecule has 1 fully saturated rings. The zero-order valence-corrected chi connectivity index (χ0v) is 11.4. The molecule has 0 aromatic heterocycles. The van der Waals surface area contributed by atoms with E-state index >= 15 is 0 Å². The number of hydrogen-bond donors (Lipinski definition) is 1. The second-order valence-electron chi connectivity index (χ2n) is 4.67. The van der Waals surface area contributed by atoms with Crippen LogP contribution in [0, 0.1) is 0 Å². The predicted molar refractivity (Wildman–Crippen MR) is 70.0 cm³/mol. The van der Waals surface area contributed by atoms with Crippen molar-refractivity contribution in [3.05, 3.63) is 24.3 Å². The van der Waals surface area contributed by atoms with E-state index in [4.69, 9.17) is 14.7 Å². The first-order valence-corrected chi connectivity index (χ1v) is 6.48. The fraction of sp³-hybridized carbons (Fsp3) is 0.357. The molecule has 1 aliphatic rings. The van der Waals surface area contributed by atoms with Crippen molar-refractivity contribution in [2.45, 2.75) is 32.3 Å². The molecule has 1 heterocycles. The molecule has 0 bridgehead atoms. The van der Waals surface area contributed by atoms with Crippen LogP contribution in [0.3, 0.4) is 0 Å². The molecule has 2 amide bonds. The first-order valence-electron chi connectivity index (χ1n) is 6.48. The molecule has 0 radical (unpaired) electrons. The van der Waals surface area contributed by atoms with Gasteiger partial charge in [0.05, 0.1) is 6.42 Å². The van der Waals surface area contributed by atoms with Crippen LogP contribution in [0.4, 0.5) is 0 Å². The third kappa shape index (κ3) is 3.95. The lowest BCUT2D eigenvalue weighted by Gasteiger charge is -2.16. The van der Waals surface area contributed by atoms with Gasteiger partial charge in [0.2, 0.25) is 0 Å². The number of phenolic OH excluding ortho intramolecular Hbond substituents is 1. The molecule has 0 spiro atoms. The molecule has 7 heteroatoms. The summed E-state index contributed by atoms with van der Waals surface area (Å²) in [5.41, 5.74) is 0. The van der Waals surface area contributed by atoms with Gasteiger partial charge in [-0.25, -0.2) is 4.79 Å². The molecular weight excluding hydrogens is 278 g/mol. The Morgan fingerprint density at radius 3 is 2.38 bits per heavy atom. The summed E-state index contributed by atoms with van der Waals surface area (Å²) in [6.45, 7) is 1.65. The summed E-state index contributed by atoms with van der Waals surface area (Å²) in [5.74, 6) is -1.15. The molecule has 7 nitrogen and oxygen atoms in total. The Labute approximate surface area is 121 Å². The highest BCUT2D eigenvalue weighted by atomic mass is 16.7. The fourth-order valence-corrected chi connectivity index (χ4v) is 1.83. The number of benzene rings is 1. The number of rotatable bonds is 5. The van der Waals surface area contributed by atoms with Gasteiger partial charge in [-0.2, -0.15) is 0 Å². The quantitative estimate of drug-likeness (QED) is 0.819. The molecule has 112 valence electrons. The van der Waals surface area contributed by atoms with Gasteiger partial charge in [-0.1, -0.05) is 0 Å². The molecule has 21 heavy (non-hydrogen) atoms. The molecule has 0 aliphatic carbocycles. The zero-order chi connectivity index (χ0) is 15.4. The first kappa shape index (κ1) is 14.8. The van der Waals surface area contributed by atoms with E-state index in [1.54, 1.807) is 19.1 Å². The molecule has 1 aliphatic heterocycles. The van der Waals surface area contributed by atoms with Crippen molar-refractivity contribution in [2.75, 3.05) is 0 Å². The monoisotopic (exact) mass is 293 g/mol. The van der Waals surface area contributed by atoms with Crippen molar-refractivity contribution in [3.8, 4) is 11.5 Å². The van der Waals surface area contributed by atoms with Crippen molar-refractivity contribution in [3.63, 3.8) is 0 Å². The molecule has 1 atom stereocenters. The molecule has 1 N–H and O–H groups in total. The van der Waals surface area contributed by atoms with Crippen LogP contribution in [0.2, 0.25) is 0 Å². The van der Waals surface area contributed by atoms with E-state index < -0.39 is 23.9 Å². The first-order chi connectivity index (χ1) is 9.95. The lowest BCUT2D eigenvalue weighted by atomic mass is 10.3. The highest BCUT2D eigenvalue weighted by Crippen LogP contribution is 2.18. The van der Waals surface area contributed by atoms with E-state index in [-0.39, 0.29) is 25.0 Å². The van der Waals surface area contributed by atoms with Crippen molar-refractivity contribution in [1.82, 2.24) is 5.06 Å². The van der Waals surface area contributed by atoms with Gasteiger partial charge in [0.25, 0.3) is 11.8 Å². The van der Waals surface area contributed by atoms with Crippen LogP contribution in [-0.2, 0) is 19.2 Å². The van der Waals surface area contributed by atoms with Crippen LogP contribution in [0.25, 0.3) is 0 Å². The standard InChI is InChI=1S/C14H15NO6/c1-9(20-11-4-2-10(16)3-5-11)8-14(19)21-15-12(17)6-7-13(15)18/h2-5,9,16H,6-8H2,1H3. The SMILES string of the molecule is CC(CC(=O)ON1C(=O)CCC1=O)Oc1ccc(O)cc1. The highest BCUT2D eigenvalue weighted by molar-refractivity contribution is 6.01. The third-order valence-corrected chi connectivity index (χ3v) is 2.83. The number of carbonyl (C=O) groups is 3. The molecule has 1 unspecified atom stereocenters. The fourth-order valence-electron chi connectivity index (χ4n) is 1.83. The topological polar surface area (TPSA) is 93.1 Å². The van der Waals surface area contributed by atoms with Crippen molar-refractivity contribution in [1.29, 1.82) is 0 Å². The van der Waals surface area contributed by atoms with Gasteiger partial charge >= 0.3 is 5.97 Å². The van der Waals surface area contributed by atoms with Crippen LogP contribution in [0.15, 0.2) is 24.3 Å². The van der Waals surface area contributed by atoms with E-state index in [1.165, 1.54) is 12.1 Å². The second-order valence-corrected chi connectivity index (χ2v) is 4.67. The Kier molecular flexibility index (Phi) is 4.42. The van der Waals surface area contributed by atoms with Gasteiger partial charge in [0.15, 0.2) is 0 Å². The summed E-state index contributed by atoms with van der Waals surface area (Å²) < 4.78 is 5.46. The number of phenols is 1. The van der Waals surface area contributed by atoms with Crippen LogP contribution in [0.1, 0.15) is 26.2 Å². The van der Waals surface area contributed by atoms with Crippen LogP contribution < -0.4 is 4.74 Å². The predicted octanol–water partition coefficient (Wildman–Crippen LogP) is 1.16. The minimum absolute atomic E-state index is 0.0612. The third-order valence-electron chi connectivity index (χ3n) is 2.83. The highest BCUT2D eigenvalue weighted by Gasteiger charge is 2.33. The Balaban J connectivity index is 1.83. The van der Waals surface area contributed by atoms with Gasteiger partial charge in [-0.3, -0.25) is 9.59 Å². The lowest BCUT2D eigenvalue weighted by Crippen LogP contribution is -2.33. The van der Waals surface area contributed by atoms with Gasteiger partial charge in [-0.15, -0.1) is 5.06 Å². The number of hydroxylamine groups is 2. The number of nitrogens with zero attached hydrogens (tertiary/aromatic N) is 1. The van der Waals surface area contributed by atoms with Gasteiger partial charge in [0, 0.05) is 12.8 Å². The van der Waals surface area contributed by atoms with Crippen molar-refractivity contribution >= 4 is 17.8 Å². The Hall–Kier alpha value is -2.57. The van der Waals surface area contributed by atoms with Gasteiger partial charge < -0.3 is 14.7 Å². The van der Waals surface area contributed by atoms with Crippen molar-refractivity contribution < 1.29 is 29.1 Å². The number of aromatic hydroxyl groups is 1. The average Bonchev–Trinajstić information content (AvgIpc) is 2.73. The van der Waals surface area contributed by atoms with E-state index in [0.29, 0.717) is 10.8 Å². The number of imide groups is 1. The number of amides is 2. The van der Waals surface area contributed by atoms with Gasteiger partial charge in [0.1, 0.15) is 17.6 Å². The summed E-state index contributed by atoms with van der Waals surface area (Å²) in [5, 5.41) is 9.66.